The van der Waals surface area contributed by atoms with E-state index in [1.54, 1.807) is 12.1 Å². The lowest BCUT2D eigenvalue weighted by Crippen LogP contribution is -2.10. The molecule has 0 atom stereocenters. The summed E-state index contributed by atoms with van der Waals surface area (Å²) in [5.41, 5.74) is 6.91. The van der Waals surface area contributed by atoms with Crippen molar-refractivity contribution in [3.05, 3.63) is 42.3 Å². The van der Waals surface area contributed by atoms with Crippen LogP contribution in [-0.4, -0.2) is 5.91 Å². The van der Waals surface area contributed by atoms with Crippen LogP contribution in [-0.2, 0) is 6.42 Å². The fourth-order valence-corrected chi connectivity index (χ4v) is 1.16. The minimum atomic E-state index is -0.372. The minimum absolute atomic E-state index is 0.372. The van der Waals surface area contributed by atoms with Gasteiger partial charge in [-0.05, 0) is 30.5 Å². The van der Waals surface area contributed by atoms with Crippen LogP contribution in [0.4, 0.5) is 0 Å². The predicted octanol–water partition coefficient (Wildman–Crippen LogP) is 1.94. The van der Waals surface area contributed by atoms with Crippen LogP contribution >= 0.6 is 0 Å². The molecule has 0 aliphatic carbocycles. The molecule has 0 unspecified atom stereocenters. The molecule has 1 radical (unpaired) electrons. The van der Waals surface area contributed by atoms with E-state index in [1.165, 1.54) is 5.56 Å². The fraction of sp³-hybridized carbons (Fsp3) is 0.273. The van der Waals surface area contributed by atoms with Crippen molar-refractivity contribution in [2.45, 2.75) is 19.3 Å². The Labute approximate surface area is 78.8 Å². The number of rotatable bonds is 4. The maximum absolute atomic E-state index is 10.7. The lowest BCUT2D eigenvalue weighted by Gasteiger charge is -2.00. The van der Waals surface area contributed by atoms with E-state index >= 15 is 0 Å². The second kappa shape index (κ2) is 4.65. The molecule has 0 aliphatic heterocycles. The predicted molar refractivity (Wildman–Crippen MR) is 53.3 cm³/mol. The van der Waals surface area contributed by atoms with E-state index in [9.17, 15) is 4.79 Å². The van der Waals surface area contributed by atoms with E-state index in [0.717, 1.165) is 19.3 Å². The summed E-state index contributed by atoms with van der Waals surface area (Å²) < 4.78 is 0. The molecule has 0 heterocycles. The van der Waals surface area contributed by atoms with Crippen molar-refractivity contribution in [3.8, 4) is 0 Å². The molecule has 2 nitrogen and oxygen atoms in total. The van der Waals surface area contributed by atoms with Crippen LogP contribution in [0.2, 0.25) is 0 Å². The third-order valence-electron chi connectivity index (χ3n) is 1.95. The van der Waals surface area contributed by atoms with Gasteiger partial charge in [0.15, 0.2) is 0 Å². The number of hydrogen-bond donors (Lipinski definition) is 1. The van der Waals surface area contributed by atoms with E-state index in [2.05, 4.69) is 6.92 Å². The summed E-state index contributed by atoms with van der Waals surface area (Å²) in [6, 6.07) is 7.41. The third-order valence-corrected chi connectivity index (χ3v) is 1.95. The number of benzene rings is 1. The van der Waals surface area contributed by atoms with Gasteiger partial charge in [-0.15, -0.1) is 0 Å². The second-order valence-electron chi connectivity index (χ2n) is 3.02. The molecule has 1 amide bonds. The highest BCUT2D eigenvalue weighted by molar-refractivity contribution is 5.92. The van der Waals surface area contributed by atoms with Gasteiger partial charge in [-0.1, -0.05) is 25.5 Å². The molecule has 2 N–H and O–H groups in total. The summed E-state index contributed by atoms with van der Waals surface area (Å²) in [5.74, 6) is -0.372. The summed E-state index contributed by atoms with van der Waals surface area (Å²) >= 11 is 0. The van der Waals surface area contributed by atoms with Crippen molar-refractivity contribution in [3.63, 3.8) is 0 Å². The van der Waals surface area contributed by atoms with E-state index in [-0.39, 0.29) is 5.91 Å². The second-order valence-corrected chi connectivity index (χ2v) is 3.02. The van der Waals surface area contributed by atoms with Crippen LogP contribution in [0.5, 0.6) is 0 Å². The van der Waals surface area contributed by atoms with Crippen molar-refractivity contribution < 1.29 is 4.79 Å². The SMILES string of the molecule is [CH2]CCCc1ccc(C(N)=O)cc1. The molecule has 0 aliphatic rings. The van der Waals surface area contributed by atoms with Crippen molar-refractivity contribution in [2.24, 2.45) is 5.73 Å². The molecular weight excluding hydrogens is 162 g/mol. The van der Waals surface area contributed by atoms with Gasteiger partial charge in [0.25, 0.3) is 0 Å². The molecule has 0 aromatic heterocycles. The number of aryl methyl sites for hydroxylation is 1. The van der Waals surface area contributed by atoms with Gasteiger partial charge in [-0.2, -0.15) is 0 Å². The van der Waals surface area contributed by atoms with Gasteiger partial charge in [-0.3, -0.25) is 4.79 Å². The highest BCUT2D eigenvalue weighted by atomic mass is 16.1. The third kappa shape index (κ3) is 2.90. The zero-order valence-electron chi connectivity index (χ0n) is 7.62. The lowest BCUT2D eigenvalue weighted by molar-refractivity contribution is 0.100. The number of carbonyl (C=O) groups is 1. The maximum Gasteiger partial charge on any atom is 0.248 e. The van der Waals surface area contributed by atoms with Gasteiger partial charge in [-0.25, -0.2) is 0 Å². The molecular formula is C11H14NO. The highest BCUT2D eigenvalue weighted by Crippen LogP contribution is 2.07. The Hall–Kier alpha value is -1.31. The topological polar surface area (TPSA) is 43.1 Å². The van der Waals surface area contributed by atoms with E-state index < -0.39 is 0 Å². The maximum atomic E-state index is 10.7. The number of hydrogen-bond acceptors (Lipinski definition) is 1. The van der Waals surface area contributed by atoms with Gasteiger partial charge in [0.2, 0.25) is 5.91 Å². The first kappa shape index (κ1) is 9.78. The highest BCUT2D eigenvalue weighted by Gasteiger charge is 1.98. The number of unbranched alkanes of at least 4 members (excludes halogenated alkanes) is 1. The normalized spacial score (nSPS) is 9.92. The van der Waals surface area contributed by atoms with Gasteiger partial charge in [0.05, 0.1) is 0 Å². The largest absolute Gasteiger partial charge is 0.366 e. The standard InChI is InChI=1S/C11H14NO/c1-2-3-4-9-5-7-10(8-6-9)11(12)13/h5-8H,1-4H2,(H2,12,13). The van der Waals surface area contributed by atoms with Crippen LogP contribution in [0, 0.1) is 6.92 Å². The van der Waals surface area contributed by atoms with Crippen molar-refractivity contribution >= 4 is 5.91 Å². The van der Waals surface area contributed by atoms with Crippen molar-refractivity contribution in [1.29, 1.82) is 0 Å². The molecule has 0 fully saturated rings. The lowest BCUT2D eigenvalue weighted by atomic mass is 10.1. The Kier molecular flexibility index (Phi) is 3.50. The molecule has 1 aromatic carbocycles. The molecule has 0 saturated carbocycles. The summed E-state index contributed by atoms with van der Waals surface area (Å²) in [6.07, 6.45) is 3.04. The quantitative estimate of drug-likeness (QED) is 0.748. The zero-order valence-corrected chi connectivity index (χ0v) is 7.62. The van der Waals surface area contributed by atoms with Crippen LogP contribution in [0.25, 0.3) is 0 Å². The van der Waals surface area contributed by atoms with E-state index in [1.807, 2.05) is 12.1 Å². The smallest absolute Gasteiger partial charge is 0.248 e. The minimum Gasteiger partial charge on any atom is -0.366 e. The number of primary amides is 1. The average molecular weight is 176 g/mol. The first-order chi connectivity index (χ1) is 6.24. The van der Waals surface area contributed by atoms with Gasteiger partial charge in [0.1, 0.15) is 0 Å². The molecule has 69 valence electrons. The van der Waals surface area contributed by atoms with E-state index in [4.69, 9.17) is 5.73 Å². The molecule has 1 aromatic rings. The van der Waals surface area contributed by atoms with Crippen LogP contribution in [0.1, 0.15) is 28.8 Å². The van der Waals surface area contributed by atoms with Gasteiger partial charge < -0.3 is 5.73 Å². The average Bonchev–Trinajstić information content (AvgIpc) is 2.15. The molecule has 2 heteroatoms. The number of carbonyl (C=O) groups excluding carboxylic acids is 1. The molecule has 0 saturated heterocycles. The van der Waals surface area contributed by atoms with Crippen LogP contribution in [0.3, 0.4) is 0 Å². The first-order valence-electron chi connectivity index (χ1n) is 4.42. The Morgan fingerprint density at radius 3 is 2.38 bits per heavy atom. The fourth-order valence-electron chi connectivity index (χ4n) is 1.16. The Morgan fingerprint density at radius 1 is 1.31 bits per heavy atom. The van der Waals surface area contributed by atoms with E-state index in [0.29, 0.717) is 5.56 Å². The number of amides is 1. The Morgan fingerprint density at radius 2 is 1.92 bits per heavy atom. The zero-order chi connectivity index (χ0) is 9.68. The van der Waals surface area contributed by atoms with Gasteiger partial charge >= 0.3 is 0 Å². The van der Waals surface area contributed by atoms with Crippen LogP contribution < -0.4 is 5.73 Å². The summed E-state index contributed by atoms with van der Waals surface area (Å²) in [6.45, 7) is 3.77. The summed E-state index contributed by atoms with van der Waals surface area (Å²) in [7, 11) is 0. The Bertz CT molecular complexity index is 277. The number of nitrogens with two attached hydrogens (primary N) is 1. The van der Waals surface area contributed by atoms with Crippen LogP contribution in [0.15, 0.2) is 24.3 Å². The Balaban J connectivity index is 2.64. The first-order valence-corrected chi connectivity index (χ1v) is 4.42. The van der Waals surface area contributed by atoms with Gasteiger partial charge in [0, 0.05) is 5.56 Å². The van der Waals surface area contributed by atoms with Crippen molar-refractivity contribution in [2.75, 3.05) is 0 Å². The molecule has 1 rings (SSSR count). The summed E-state index contributed by atoms with van der Waals surface area (Å²) in [4.78, 5) is 10.7. The van der Waals surface area contributed by atoms with Crippen molar-refractivity contribution in [1.82, 2.24) is 0 Å². The molecule has 0 spiro atoms. The molecule has 13 heavy (non-hydrogen) atoms. The monoisotopic (exact) mass is 176 g/mol. The molecule has 0 bridgehead atoms. The summed E-state index contributed by atoms with van der Waals surface area (Å²) in [5, 5.41) is 0.